The summed E-state index contributed by atoms with van der Waals surface area (Å²) in [4.78, 5) is 0. The molecule has 50 heavy (non-hydrogen) atoms. The van der Waals surface area contributed by atoms with Gasteiger partial charge in [-0.2, -0.15) is 0 Å². The molecule has 0 heterocycles. The van der Waals surface area contributed by atoms with E-state index in [0.717, 1.165) is 45.3 Å². The second-order valence-electron chi connectivity index (χ2n) is 19.9. The summed E-state index contributed by atoms with van der Waals surface area (Å²) in [5.41, 5.74) is -0.255. The van der Waals surface area contributed by atoms with Crippen molar-refractivity contribution in [3.8, 4) is 0 Å². The van der Waals surface area contributed by atoms with Crippen molar-refractivity contribution < 1.29 is 28.4 Å². The highest BCUT2D eigenvalue weighted by molar-refractivity contribution is 5.08. The van der Waals surface area contributed by atoms with Gasteiger partial charge in [-0.25, -0.2) is 0 Å². The van der Waals surface area contributed by atoms with Crippen LogP contribution in [0.25, 0.3) is 0 Å². The number of ether oxygens (including phenoxy) is 6. The number of rotatable bonds is 25. The smallest absolute Gasteiger partial charge is 0.0704 e. The molecule has 2 rings (SSSR count). The summed E-state index contributed by atoms with van der Waals surface area (Å²) < 4.78 is 37.1. The summed E-state index contributed by atoms with van der Waals surface area (Å²) in [6.07, 6.45) is 5.67. The van der Waals surface area contributed by atoms with E-state index in [2.05, 4.69) is 120 Å². The summed E-state index contributed by atoms with van der Waals surface area (Å²) in [6.45, 7) is 40.5. The molecule has 0 aromatic carbocycles. The Morgan fingerprint density at radius 2 is 1.08 bits per heavy atom. The van der Waals surface area contributed by atoms with E-state index in [9.17, 15) is 0 Å². The molecule has 2 aliphatic rings. The fraction of sp³-hybridized carbons (Fsp3) is 1.00. The quantitative estimate of drug-likeness (QED) is 0.0854. The molecule has 2 saturated carbocycles. The SMILES string of the molecule is C[C@H](OCCCOCCNC(C)(C)C)C(C)(C)C(C)(COCCO[C@H]1C[C@H](NC(C)(C)C)C1)C(C)(C)N[C@H]1C[C@@H](OCCOCC(C)(C)C)C1. The van der Waals surface area contributed by atoms with Gasteiger partial charge >= 0.3 is 0 Å². The monoisotopic (exact) mass is 714 g/mol. The van der Waals surface area contributed by atoms with Crippen LogP contribution in [0.2, 0.25) is 0 Å². The van der Waals surface area contributed by atoms with E-state index in [1.807, 2.05) is 0 Å². The van der Waals surface area contributed by atoms with Crippen LogP contribution in [0.15, 0.2) is 0 Å². The molecule has 0 amide bonds. The Morgan fingerprint density at radius 1 is 0.560 bits per heavy atom. The van der Waals surface area contributed by atoms with Gasteiger partial charge < -0.3 is 44.4 Å². The topological polar surface area (TPSA) is 91.5 Å². The largest absolute Gasteiger partial charge is 0.380 e. The van der Waals surface area contributed by atoms with Crippen molar-refractivity contribution in [1.82, 2.24) is 16.0 Å². The summed E-state index contributed by atoms with van der Waals surface area (Å²) in [6, 6.07) is 0.951. The van der Waals surface area contributed by atoms with Crippen molar-refractivity contribution in [2.45, 2.75) is 183 Å². The molecule has 2 aliphatic carbocycles. The van der Waals surface area contributed by atoms with Crippen LogP contribution in [0.3, 0.4) is 0 Å². The Kier molecular flexibility index (Phi) is 18.1. The highest BCUT2D eigenvalue weighted by atomic mass is 16.5. The molecule has 0 aromatic rings. The third-order valence-electron chi connectivity index (χ3n) is 11.0. The van der Waals surface area contributed by atoms with Crippen LogP contribution in [-0.2, 0) is 28.4 Å². The molecule has 0 saturated heterocycles. The van der Waals surface area contributed by atoms with E-state index >= 15 is 0 Å². The van der Waals surface area contributed by atoms with E-state index in [0.29, 0.717) is 71.0 Å². The standard InChI is InChI=1S/C41H83N3O6/c1-31(48-19-16-18-45-20-17-42-37(5,6)7)39(11,12)41(15,30-47-22-24-50-34-25-32(26-34)43-38(8,9)10)40(13,14)44-33-27-35(28-33)49-23-21-46-29-36(2,3)4/h31-35,42-44H,16-30H2,1-15H3/t31-,32-,33-,34-,35+,41?/m0/s1. The van der Waals surface area contributed by atoms with Crippen LogP contribution in [0.1, 0.15) is 136 Å². The van der Waals surface area contributed by atoms with Crippen molar-refractivity contribution in [3.05, 3.63) is 0 Å². The minimum atomic E-state index is -0.251. The molecule has 1 unspecified atom stereocenters. The van der Waals surface area contributed by atoms with Crippen LogP contribution in [0.5, 0.6) is 0 Å². The van der Waals surface area contributed by atoms with Crippen molar-refractivity contribution >= 4 is 0 Å². The van der Waals surface area contributed by atoms with E-state index in [1.54, 1.807) is 0 Å². The highest BCUT2D eigenvalue weighted by Crippen LogP contribution is 2.51. The second kappa shape index (κ2) is 19.8. The molecule has 9 nitrogen and oxygen atoms in total. The van der Waals surface area contributed by atoms with Crippen LogP contribution < -0.4 is 16.0 Å². The molecule has 0 aliphatic heterocycles. The predicted molar refractivity (Wildman–Crippen MR) is 207 cm³/mol. The van der Waals surface area contributed by atoms with Crippen LogP contribution in [0, 0.1) is 16.2 Å². The summed E-state index contributed by atoms with van der Waals surface area (Å²) in [5.74, 6) is 0. The Labute approximate surface area is 309 Å². The van der Waals surface area contributed by atoms with Crippen molar-refractivity contribution in [1.29, 1.82) is 0 Å². The number of hydrogen-bond acceptors (Lipinski definition) is 9. The average Bonchev–Trinajstić information content (AvgIpc) is 2.92. The Bertz CT molecular complexity index is 928. The fourth-order valence-corrected chi connectivity index (χ4v) is 6.97. The maximum Gasteiger partial charge on any atom is 0.0704 e. The Morgan fingerprint density at radius 3 is 1.58 bits per heavy atom. The van der Waals surface area contributed by atoms with Gasteiger partial charge in [0.25, 0.3) is 0 Å². The minimum absolute atomic E-state index is 0.0174. The Hall–Kier alpha value is -0.360. The molecular weight excluding hydrogens is 630 g/mol. The average molecular weight is 714 g/mol. The first kappa shape index (κ1) is 45.8. The van der Waals surface area contributed by atoms with E-state index in [4.69, 9.17) is 28.4 Å². The predicted octanol–water partition coefficient (Wildman–Crippen LogP) is 7.15. The van der Waals surface area contributed by atoms with Gasteiger partial charge in [0.2, 0.25) is 0 Å². The molecule has 0 aromatic heterocycles. The second-order valence-corrected chi connectivity index (χ2v) is 19.9. The van der Waals surface area contributed by atoms with Gasteiger partial charge in [0.1, 0.15) is 0 Å². The van der Waals surface area contributed by atoms with Gasteiger partial charge in [-0.3, -0.25) is 0 Å². The molecule has 0 spiro atoms. The number of nitrogens with one attached hydrogen (secondary N) is 3. The van der Waals surface area contributed by atoms with Gasteiger partial charge in [-0.1, -0.05) is 41.5 Å². The van der Waals surface area contributed by atoms with Gasteiger partial charge in [-0.05, 0) is 105 Å². The van der Waals surface area contributed by atoms with Crippen molar-refractivity contribution in [3.63, 3.8) is 0 Å². The zero-order chi connectivity index (χ0) is 37.9. The molecule has 0 bridgehead atoms. The first-order valence-corrected chi connectivity index (χ1v) is 19.8. The van der Waals surface area contributed by atoms with Crippen LogP contribution in [0.4, 0.5) is 0 Å². The maximum atomic E-state index is 6.54. The molecule has 0 radical (unpaired) electrons. The normalized spacial score (nSPS) is 24.1. The lowest BCUT2D eigenvalue weighted by atomic mass is 9.55. The lowest BCUT2D eigenvalue weighted by molar-refractivity contribution is -0.152. The van der Waals surface area contributed by atoms with Gasteiger partial charge in [0.05, 0.1) is 64.6 Å². The fourth-order valence-electron chi connectivity index (χ4n) is 6.97. The van der Waals surface area contributed by atoms with Gasteiger partial charge in [-0.15, -0.1) is 0 Å². The van der Waals surface area contributed by atoms with Crippen LogP contribution in [-0.4, -0.2) is 113 Å². The van der Waals surface area contributed by atoms with Crippen molar-refractivity contribution in [2.75, 3.05) is 66.0 Å². The first-order chi connectivity index (χ1) is 22.9. The Balaban J connectivity index is 1.90. The molecule has 2 atom stereocenters. The summed E-state index contributed by atoms with van der Waals surface area (Å²) in [7, 11) is 0. The summed E-state index contributed by atoms with van der Waals surface area (Å²) in [5, 5.41) is 11.2. The zero-order valence-electron chi connectivity index (χ0n) is 35.4. The highest BCUT2D eigenvalue weighted by Gasteiger charge is 2.55. The molecular formula is C41H83N3O6. The molecule has 3 N–H and O–H groups in total. The third-order valence-corrected chi connectivity index (χ3v) is 11.0. The lowest BCUT2D eigenvalue weighted by Gasteiger charge is -2.58. The minimum Gasteiger partial charge on any atom is -0.380 e. The maximum absolute atomic E-state index is 6.54. The number of hydrogen-bond donors (Lipinski definition) is 3. The van der Waals surface area contributed by atoms with E-state index in [-0.39, 0.29) is 45.1 Å². The van der Waals surface area contributed by atoms with E-state index in [1.165, 1.54) is 0 Å². The third kappa shape index (κ3) is 16.3. The first-order valence-electron chi connectivity index (χ1n) is 19.8. The van der Waals surface area contributed by atoms with E-state index < -0.39 is 0 Å². The van der Waals surface area contributed by atoms with Crippen LogP contribution >= 0.6 is 0 Å². The molecule has 2 fully saturated rings. The zero-order valence-corrected chi connectivity index (χ0v) is 35.4. The summed E-state index contributed by atoms with van der Waals surface area (Å²) >= 11 is 0. The molecule has 298 valence electrons. The van der Waals surface area contributed by atoms with Gasteiger partial charge in [0.15, 0.2) is 0 Å². The molecule has 9 heteroatoms. The van der Waals surface area contributed by atoms with Gasteiger partial charge in [0, 0.05) is 53.9 Å². The van der Waals surface area contributed by atoms with Crippen molar-refractivity contribution in [2.24, 2.45) is 16.2 Å². The lowest BCUT2D eigenvalue weighted by Crippen LogP contribution is -2.67.